The molecule has 6 heteroatoms. The average Bonchev–Trinajstić information content (AvgIpc) is 2.38. The molecular weight excluding hydrogens is 300 g/mol. The van der Waals surface area contributed by atoms with E-state index >= 15 is 0 Å². The van der Waals surface area contributed by atoms with Crippen LogP contribution >= 0.6 is 0 Å². The zero-order valence-corrected chi connectivity index (χ0v) is 13.5. The Morgan fingerprint density at radius 1 is 0.955 bits per heavy atom. The molecule has 0 saturated carbocycles. The molecule has 0 aromatic heterocycles. The zero-order valence-electron chi connectivity index (χ0n) is 12.7. The average molecular weight is 318 g/mol. The second kappa shape index (κ2) is 6.19. The Kier molecular flexibility index (Phi) is 4.51. The molecular formula is C16H18N2O3S. The Balaban J connectivity index is 2.29. The van der Waals surface area contributed by atoms with Gasteiger partial charge in [-0.15, -0.1) is 0 Å². The summed E-state index contributed by atoms with van der Waals surface area (Å²) in [7, 11) is -3.41. The topological polar surface area (TPSA) is 75.3 Å². The Hall–Kier alpha value is -2.34. The number of rotatable bonds is 4. The third-order valence-corrected chi connectivity index (χ3v) is 3.55. The standard InChI is InChI=1S/C16H18N2O3S/c1-11-8-12(2)10-13(9-11)16(19)17-14-6-4-5-7-15(14)18-22(3,20)21/h4-10,18H,1-3H3,(H,17,19). The molecule has 5 nitrogen and oxygen atoms in total. The second-order valence-corrected chi connectivity index (χ2v) is 7.00. The maximum atomic E-state index is 12.3. The molecule has 0 heterocycles. The number of hydrogen-bond donors (Lipinski definition) is 2. The van der Waals surface area contributed by atoms with E-state index in [0.717, 1.165) is 17.4 Å². The van der Waals surface area contributed by atoms with E-state index in [9.17, 15) is 13.2 Å². The van der Waals surface area contributed by atoms with Crippen molar-refractivity contribution in [2.45, 2.75) is 13.8 Å². The normalized spacial score (nSPS) is 11.0. The lowest BCUT2D eigenvalue weighted by molar-refractivity contribution is 0.102. The van der Waals surface area contributed by atoms with Crippen LogP contribution < -0.4 is 10.0 Å². The summed E-state index contributed by atoms with van der Waals surface area (Å²) in [5.74, 6) is -0.283. The summed E-state index contributed by atoms with van der Waals surface area (Å²) in [6.45, 7) is 3.84. The van der Waals surface area contributed by atoms with Gasteiger partial charge in [0, 0.05) is 5.56 Å². The van der Waals surface area contributed by atoms with Crippen molar-refractivity contribution in [1.29, 1.82) is 0 Å². The number of hydrogen-bond acceptors (Lipinski definition) is 3. The number of aryl methyl sites for hydroxylation is 2. The van der Waals surface area contributed by atoms with Gasteiger partial charge in [-0.2, -0.15) is 0 Å². The quantitative estimate of drug-likeness (QED) is 0.910. The number of carbonyl (C=O) groups is 1. The Morgan fingerprint density at radius 3 is 2.05 bits per heavy atom. The minimum Gasteiger partial charge on any atom is -0.320 e. The molecule has 0 aliphatic heterocycles. The van der Waals surface area contributed by atoms with Gasteiger partial charge in [0.1, 0.15) is 0 Å². The Morgan fingerprint density at radius 2 is 1.50 bits per heavy atom. The summed E-state index contributed by atoms with van der Waals surface area (Å²) in [4.78, 5) is 12.3. The van der Waals surface area contributed by atoms with Crippen LogP contribution in [-0.4, -0.2) is 20.6 Å². The van der Waals surface area contributed by atoms with Crippen molar-refractivity contribution in [3.63, 3.8) is 0 Å². The van der Waals surface area contributed by atoms with Crippen molar-refractivity contribution >= 4 is 27.3 Å². The van der Waals surface area contributed by atoms with Crippen molar-refractivity contribution in [2.24, 2.45) is 0 Å². The maximum Gasteiger partial charge on any atom is 0.255 e. The lowest BCUT2D eigenvalue weighted by Crippen LogP contribution is -2.16. The first-order valence-electron chi connectivity index (χ1n) is 6.71. The smallest absolute Gasteiger partial charge is 0.255 e. The predicted molar refractivity (Wildman–Crippen MR) is 88.8 cm³/mol. The van der Waals surface area contributed by atoms with Crippen LogP contribution in [-0.2, 0) is 10.0 Å². The van der Waals surface area contributed by atoms with Crippen LogP contribution in [0.4, 0.5) is 11.4 Å². The van der Waals surface area contributed by atoms with Crippen molar-refractivity contribution in [3.8, 4) is 0 Å². The van der Waals surface area contributed by atoms with Gasteiger partial charge in [0.2, 0.25) is 10.0 Å². The third-order valence-electron chi connectivity index (χ3n) is 2.95. The molecule has 2 aromatic carbocycles. The van der Waals surface area contributed by atoms with E-state index in [1.807, 2.05) is 19.9 Å². The van der Waals surface area contributed by atoms with Gasteiger partial charge in [-0.3, -0.25) is 9.52 Å². The van der Waals surface area contributed by atoms with Gasteiger partial charge in [0.25, 0.3) is 5.91 Å². The molecule has 0 spiro atoms. The highest BCUT2D eigenvalue weighted by molar-refractivity contribution is 7.92. The highest BCUT2D eigenvalue weighted by Gasteiger charge is 2.11. The molecule has 0 radical (unpaired) electrons. The SMILES string of the molecule is Cc1cc(C)cc(C(=O)Nc2ccccc2NS(C)(=O)=O)c1. The van der Waals surface area contributed by atoms with E-state index in [1.165, 1.54) is 0 Å². The second-order valence-electron chi connectivity index (χ2n) is 5.25. The van der Waals surface area contributed by atoms with Gasteiger partial charge < -0.3 is 5.32 Å². The molecule has 2 aromatic rings. The number of carbonyl (C=O) groups excluding carboxylic acids is 1. The monoisotopic (exact) mass is 318 g/mol. The van der Waals surface area contributed by atoms with Gasteiger partial charge in [-0.1, -0.05) is 29.3 Å². The van der Waals surface area contributed by atoms with Crippen LogP contribution in [0.3, 0.4) is 0 Å². The summed E-state index contributed by atoms with van der Waals surface area (Å²) in [5, 5.41) is 2.74. The Labute approximate surface area is 130 Å². The van der Waals surface area contributed by atoms with Gasteiger partial charge >= 0.3 is 0 Å². The van der Waals surface area contributed by atoms with E-state index in [1.54, 1.807) is 36.4 Å². The van der Waals surface area contributed by atoms with Crippen molar-refractivity contribution in [2.75, 3.05) is 16.3 Å². The summed E-state index contributed by atoms with van der Waals surface area (Å²) < 4.78 is 25.1. The predicted octanol–water partition coefficient (Wildman–Crippen LogP) is 2.93. The van der Waals surface area contributed by atoms with Crippen LogP contribution in [0.1, 0.15) is 21.5 Å². The lowest BCUT2D eigenvalue weighted by Gasteiger charge is -2.12. The summed E-state index contributed by atoms with van der Waals surface area (Å²) in [6, 6.07) is 12.2. The number of nitrogens with one attached hydrogen (secondary N) is 2. The Bertz CT molecular complexity index is 794. The highest BCUT2D eigenvalue weighted by atomic mass is 32.2. The maximum absolute atomic E-state index is 12.3. The van der Waals surface area contributed by atoms with Crippen LogP contribution in [0.25, 0.3) is 0 Å². The highest BCUT2D eigenvalue weighted by Crippen LogP contribution is 2.23. The number of amides is 1. The molecule has 116 valence electrons. The first kappa shape index (κ1) is 16.0. The molecule has 2 N–H and O–H groups in total. The molecule has 0 aliphatic rings. The number of para-hydroxylation sites is 2. The number of anilines is 2. The zero-order chi connectivity index (χ0) is 16.3. The molecule has 0 fully saturated rings. The molecule has 0 bridgehead atoms. The van der Waals surface area contributed by atoms with E-state index in [0.29, 0.717) is 16.9 Å². The molecule has 2 rings (SSSR count). The fraction of sp³-hybridized carbons (Fsp3) is 0.188. The van der Waals surface area contributed by atoms with Crippen molar-refractivity contribution < 1.29 is 13.2 Å². The van der Waals surface area contributed by atoms with Gasteiger partial charge in [0.05, 0.1) is 17.6 Å². The van der Waals surface area contributed by atoms with Crippen LogP contribution in [0.15, 0.2) is 42.5 Å². The number of sulfonamides is 1. The minimum atomic E-state index is -3.41. The van der Waals surface area contributed by atoms with Gasteiger partial charge in [-0.05, 0) is 38.1 Å². The number of benzene rings is 2. The third kappa shape index (κ3) is 4.33. The van der Waals surface area contributed by atoms with Crippen LogP contribution in [0.2, 0.25) is 0 Å². The summed E-state index contributed by atoms with van der Waals surface area (Å²) in [6.07, 6.45) is 1.06. The van der Waals surface area contributed by atoms with E-state index in [-0.39, 0.29) is 5.91 Å². The largest absolute Gasteiger partial charge is 0.320 e. The van der Waals surface area contributed by atoms with E-state index in [2.05, 4.69) is 10.0 Å². The molecule has 0 unspecified atom stereocenters. The first-order valence-corrected chi connectivity index (χ1v) is 8.60. The summed E-state index contributed by atoms with van der Waals surface area (Å²) >= 11 is 0. The van der Waals surface area contributed by atoms with Gasteiger partial charge in [-0.25, -0.2) is 8.42 Å². The van der Waals surface area contributed by atoms with Crippen molar-refractivity contribution in [1.82, 2.24) is 0 Å². The molecule has 1 amide bonds. The molecule has 22 heavy (non-hydrogen) atoms. The molecule has 0 atom stereocenters. The fourth-order valence-corrected chi connectivity index (χ4v) is 2.76. The van der Waals surface area contributed by atoms with E-state index in [4.69, 9.17) is 0 Å². The van der Waals surface area contributed by atoms with Gasteiger partial charge in [0.15, 0.2) is 0 Å². The van der Waals surface area contributed by atoms with E-state index < -0.39 is 10.0 Å². The molecule has 0 aliphatic carbocycles. The van der Waals surface area contributed by atoms with Crippen molar-refractivity contribution in [3.05, 3.63) is 59.2 Å². The molecule has 0 saturated heterocycles. The van der Waals surface area contributed by atoms with Crippen LogP contribution in [0, 0.1) is 13.8 Å². The first-order chi connectivity index (χ1) is 10.2. The minimum absolute atomic E-state index is 0.283. The summed E-state index contributed by atoms with van der Waals surface area (Å²) in [5.41, 5.74) is 3.27. The fourth-order valence-electron chi connectivity index (χ4n) is 2.18. The lowest BCUT2D eigenvalue weighted by atomic mass is 10.1. The van der Waals surface area contributed by atoms with Crippen LogP contribution in [0.5, 0.6) is 0 Å².